The van der Waals surface area contributed by atoms with Gasteiger partial charge in [0.05, 0.1) is 13.2 Å². The Hall–Kier alpha value is -1.06. The first kappa shape index (κ1) is 12.0. The maximum Gasteiger partial charge on any atom is 0.123 e. The van der Waals surface area contributed by atoms with E-state index in [1.165, 1.54) is 0 Å². The molecule has 0 radical (unpaired) electrons. The zero-order chi connectivity index (χ0) is 11.1. The highest BCUT2D eigenvalue weighted by Gasteiger charge is 2.05. The Morgan fingerprint density at radius 3 is 2.73 bits per heavy atom. The highest BCUT2D eigenvalue weighted by Crippen LogP contribution is 2.19. The van der Waals surface area contributed by atoms with Gasteiger partial charge in [0.1, 0.15) is 5.75 Å². The summed E-state index contributed by atoms with van der Waals surface area (Å²) in [4.78, 5) is 2.07. The molecule has 0 heterocycles. The molecule has 0 aromatic heterocycles. The van der Waals surface area contributed by atoms with Gasteiger partial charge in [0.15, 0.2) is 0 Å². The lowest BCUT2D eigenvalue weighted by molar-refractivity contribution is 0.215. The van der Waals surface area contributed by atoms with Gasteiger partial charge in [0.25, 0.3) is 0 Å². The van der Waals surface area contributed by atoms with Crippen LogP contribution < -0.4 is 4.74 Å². The van der Waals surface area contributed by atoms with Crippen molar-refractivity contribution in [1.29, 1.82) is 0 Å². The van der Waals surface area contributed by atoms with Crippen LogP contribution in [0.5, 0.6) is 5.75 Å². The van der Waals surface area contributed by atoms with Crippen molar-refractivity contribution in [3.63, 3.8) is 0 Å². The molecular formula is C12H19NO2. The summed E-state index contributed by atoms with van der Waals surface area (Å²) in [5.41, 5.74) is 1.16. The van der Waals surface area contributed by atoms with E-state index in [1.807, 2.05) is 32.2 Å². The van der Waals surface area contributed by atoms with E-state index in [4.69, 9.17) is 9.84 Å². The molecule has 0 spiro atoms. The molecule has 0 unspecified atom stereocenters. The van der Waals surface area contributed by atoms with E-state index in [0.717, 1.165) is 17.9 Å². The first-order valence-corrected chi connectivity index (χ1v) is 5.28. The largest absolute Gasteiger partial charge is 0.494 e. The topological polar surface area (TPSA) is 32.7 Å². The average molecular weight is 209 g/mol. The number of aliphatic hydroxyl groups is 1. The van der Waals surface area contributed by atoms with E-state index in [1.54, 1.807) is 0 Å². The van der Waals surface area contributed by atoms with Gasteiger partial charge in [-0.05, 0) is 20.0 Å². The maximum atomic E-state index is 8.81. The molecule has 1 aromatic carbocycles. The Balaban J connectivity index is 2.66. The molecule has 0 fully saturated rings. The standard InChI is InChI=1S/C12H19NO2/c1-3-15-12-7-5-4-6-11(12)10-13(2)8-9-14/h4-7,14H,3,8-10H2,1-2H3. The number of para-hydroxylation sites is 1. The predicted octanol–water partition coefficient (Wildman–Crippen LogP) is 1.51. The molecule has 0 saturated heterocycles. The quantitative estimate of drug-likeness (QED) is 0.771. The van der Waals surface area contributed by atoms with Gasteiger partial charge in [0, 0.05) is 18.7 Å². The number of hydrogen-bond acceptors (Lipinski definition) is 3. The van der Waals surface area contributed by atoms with Crippen molar-refractivity contribution >= 4 is 0 Å². The van der Waals surface area contributed by atoms with Crippen LogP contribution in [0.4, 0.5) is 0 Å². The molecule has 0 bridgehead atoms. The fourth-order valence-electron chi connectivity index (χ4n) is 1.47. The van der Waals surface area contributed by atoms with Gasteiger partial charge in [-0.1, -0.05) is 18.2 Å². The molecule has 1 rings (SSSR count). The molecule has 0 saturated carbocycles. The van der Waals surface area contributed by atoms with Crippen LogP contribution >= 0.6 is 0 Å². The number of rotatable bonds is 6. The summed E-state index contributed by atoms with van der Waals surface area (Å²) in [6, 6.07) is 8.01. The molecule has 0 amide bonds. The van der Waals surface area contributed by atoms with E-state index >= 15 is 0 Å². The van der Waals surface area contributed by atoms with Gasteiger partial charge < -0.3 is 9.84 Å². The van der Waals surface area contributed by atoms with Crippen molar-refractivity contribution in [2.24, 2.45) is 0 Å². The minimum absolute atomic E-state index is 0.188. The third-order valence-corrected chi connectivity index (χ3v) is 2.19. The van der Waals surface area contributed by atoms with Crippen LogP contribution in [-0.2, 0) is 6.54 Å². The van der Waals surface area contributed by atoms with Crippen LogP contribution in [0.15, 0.2) is 24.3 Å². The second-order valence-electron chi connectivity index (χ2n) is 3.50. The van der Waals surface area contributed by atoms with E-state index in [9.17, 15) is 0 Å². The molecule has 0 aliphatic rings. The highest BCUT2D eigenvalue weighted by molar-refractivity contribution is 5.33. The van der Waals surface area contributed by atoms with Gasteiger partial charge in [-0.3, -0.25) is 4.90 Å². The summed E-state index contributed by atoms with van der Waals surface area (Å²) in [5.74, 6) is 0.935. The predicted molar refractivity (Wildman–Crippen MR) is 61.0 cm³/mol. The van der Waals surface area contributed by atoms with Crippen LogP contribution in [0.1, 0.15) is 12.5 Å². The lowest BCUT2D eigenvalue weighted by Crippen LogP contribution is -2.21. The van der Waals surface area contributed by atoms with Crippen molar-refractivity contribution in [3.05, 3.63) is 29.8 Å². The van der Waals surface area contributed by atoms with Crippen molar-refractivity contribution in [2.75, 3.05) is 26.8 Å². The summed E-state index contributed by atoms with van der Waals surface area (Å²) in [6.45, 7) is 4.33. The number of ether oxygens (including phenoxy) is 1. The van der Waals surface area contributed by atoms with Gasteiger partial charge in [-0.15, -0.1) is 0 Å². The first-order valence-electron chi connectivity index (χ1n) is 5.28. The first-order chi connectivity index (χ1) is 7.27. The Labute approximate surface area is 91.3 Å². The normalized spacial score (nSPS) is 10.7. The maximum absolute atomic E-state index is 8.81. The molecule has 1 N–H and O–H groups in total. The molecule has 0 aliphatic heterocycles. The monoisotopic (exact) mass is 209 g/mol. The summed E-state index contributed by atoms with van der Waals surface area (Å²) < 4.78 is 5.53. The van der Waals surface area contributed by atoms with Crippen molar-refractivity contribution in [2.45, 2.75) is 13.5 Å². The summed E-state index contributed by atoms with van der Waals surface area (Å²) >= 11 is 0. The van der Waals surface area contributed by atoms with Gasteiger partial charge >= 0.3 is 0 Å². The summed E-state index contributed by atoms with van der Waals surface area (Å²) in [7, 11) is 1.99. The minimum Gasteiger partial charge on any atom is -0.494 e. The molecule has 84 valence electrons. The zero-order valence-electron chi connectivity index (χ0n) is 9.44. The number of nitrogens with zero attached hydrogens (tertiary/aromatic N) is 1. The molecule has 3 nitrogen and oxygen atoms in total. The molecule has 1 aromatic rings. The minimum atomic E-state index is 0.188. The van der Waals surface area contributed by atoms with Crippen molar-refractivity contribution in [1.82, 2.24) is 4.90 Å². The average Bonchev–Trinajstić information content (AvgIpc) is 2.21. The highest BCUT2D eigenvalue weighted by atomic mass is 16.5. The van der Waals surface area contributed by atoms with E-state index in [-0.39, 0.29) is 6.61 Å². The third-order valence-electron chi connectivity index (χ3n) is 2.19. The fraction of sp³-hybridized carbons (Fsp3) is 0.500. The Kier molecular flexibility index (Phi) is 5.15. The van der Waals surface area contributed by atoms with Crippen LogP contribution in [0, 0.1) is 0 Å². The zero-order valence-corrected chi connectivity index (χ0v) is 9.44. The number of benzene rings is 1. The smallest absolute Gasteiger partial charge is 0.123 e. The molecular weight excluding hydrogens is 190 g/mol. The SMILES string of the molecule is CCOc1ccccc1CN(C)CCO. The molecule has 0 atom stereocenters. The summed E-state index contributed by atoms with van der Waals surface area (Å²) in [5, 5.41) is 8.81. The van der Waals surface area contributed by atoms with E-state index in [0.29, 0.717) is 13.2 Å². The Morgan fingerprint density at radius 1 is 1.33 bits per heavy atom. The van der Waals surface area contributed by atoms with Crippen LogP contribution in [0.2, 0.25) is 0 Å². The Morgan fingerprint density at radius 2 is 2.07 bits per heavy atom. The molecule has 3 heteroatoms. The van der Waals surface area contributed by atoms with Crippen molar-refractivity contribution < 1.29 is 9.84 Å². The van der Waals surface area contributed by atoms with Gasteiger partial charge in [-0.25, -0.2) is 0 Å². The number of likely N-dealkylation sites (N-methyl/N-ethyl adjacent to an activating group) is 1. The third kappa shape index (κ3) is 3.90. The van der Waals surface area contributed by atoms with Crippen LogP contribution in [0.3, 0.4) is 0 Å². The van der Waals surface area contributed by atoms with Gasteiger partial charge in [0.2, 0.25) is 0 Å². The van der Waals surface area contributed by atoms with Gasteiger partial charge in [-0.2, -0.15) is 0 Å². The lowest BCUT2D eigenvalue weighted by atomic mass is 10.2. The second kappa shape index (κ2) is 6.43. The Bertz CT molecular complexity index is 289. The van der Waals surface area contributed by atoms with Crippen LogP contribution in [0.25, 0.3) is 0 Å². The fourth-order valence-corrected chi connectivity index (χ4v) is 1.47. The van der Waals surface area contributed by atoms with E-state index < -0.39 is 0 Å². The lowest BCUT2D eigenvalue weighted by Gasteiger charge is -2.17. The molecule has 0 aliphatic carbocycles. The van der Waals surface area contributed by atoms with E-state index in [2.05, 4.69) is 11.0 Å². The van der Waals surface area contributed by atoms with Crippen molar-refractivity contribution in [3.8, 4) is 5.75 Å². The second-order valence-corrected chi connectivity index (χ2v) is 3.50. The number of aliphatic hydroxyl groups excluding tert-OH is 1. The number of hydrogen-bond donors (Lipinski definition) is 1. The molecule has 15 heavy (non-hydrogen) atoms. The summed E-state index contributed by atoms with van der Waals surface area (Å²) in [6.07, 6.45) is 0. The van der Waals surface area contributed by atoms with Crippen LogP contribution in [-0.4, -0.2) is 36.8 Å².